The molecule has 2 heterocycles. The van der Waals surface area contributed by atoms with Crippen molar-refractivity contribution in [3.63, 3.8) is 0 Å². The fourth-order valence-corrected chi connectivity index (χ4v) is 5.02. The third kappa shape index (κ3) is 6.07. The molecule has 2 aromatic rings. The number of likely N-dealkylation sites (tertiary alicyclic amines) is 2. The van der Waals surface area contributed by atoms with Gasteiger partial charge in [0.05, 0.1) is 11.6 Å². The van der Waals surface area contributed by atoms with E-state index >= 15 is 0 Å². The second-order valence-corrected chi connectivity index (χ2v) is 9.52. The van der Waals surface area contributed by atoms with Crippen LogP contribution in [-0.2, 0) is 11.3 Å². The molecule has 7 heteroatoms. The third-order valence-electron chi connectivity index (χ3n) is 7.20. The summed E-state index contributed by atoms with van der Waals surface area (Å²) in [5.41, 5.74) is 1.13. The quantitative estimate of drug-likeness (QED) is 0.623. The van der Waals surface area contributed by atoms with Gasteiger partial charge in [-0.05, 0) is 69.5 Å². The molecule has 34 heavy (non-hydrogen) atoms. The van der Waals surface area contributed by atoms with Crippen molar-refractivity contribution in [2.45, 2.75) is 51.2 Å². The molecule has 2 aliphatic heterocycles. The van der Waals surface area contributed by atoms with Crippen molar-refractivity contribution >= 4 is 11.7 Å². The Kier molecular flexibility index (Phi) is 8.06. The molecule has 1 amide bonds. The summed E-state index contributed by atoms with van der Waals surface area (Å²) < 4.78 is 27.5. The number of rotatable bonds is 7. The lowest BCUT2D eigenvalue weighted by Crippen LogP contribution is -2.52. The number of halogens is 2. The van der Waals surface area contributed by atoms with Gasteiger partial charge in [-0.2, -0.15) is 0 Å². The Balaban J connectivity index is 1.21. The number of carbonyl (C=O) groups excluding carboxylic acids is 2. The molecule has 2 aromatic carbocycles. The minimum Gasteiger partial charge on any atom is -0.352 e. The molecule has 1 unspecified atom stereocenters. The van der Waals surface area contributed by atoms with E-state index in [1.807, 2.05) is 13.0 Å². The molecule has 5 nitrogen and oxygen atoms in total. The first kappa shape index (κ1) is 24.5. The lowest BCUT2D eigenvalue weighted by Gasteiger charge is -2.37. The molecule has 2 fully saturated rings. The number of benzene rings is 2. The van der Waals surface area contributed by atoms with Gasteiger partial charge in [0.25, 0.3) is 0 Å². The van der Waals surface area contributed by atoms with Crippen LogP contribution in [0.2, 0.25) is 0 Å². The fourth-order valence-electron chi connectivity index (χ4n) is 5.02. The Bertz CT molecular complexity index is 985. The molecular weight excluding hydrogens is 436 g/mol. The van der Waals surface area contributed by atoms with Crippen molar-refractivity contribution in [2.24, 2.45) is 5.92 Å². The van der Waals surface area contributed by atoms with E-state index in [9.17, 15) is 18.4 Å². The van der Waals surface area contributed by atoms with Crippen LogP contribution in [0.4, 0.5) is 8.78 Å². The van der Waals surface area contributed by atoms with Crippen LogP contribution in [0.3, 0.4) is 0 Å². The largest absolute Gasteiger partial charge is 0.352 e. The summed E-state index contributed by atoms with van der Waals surface area (Å²) >= 11 is 0. The number of nitrogens with one attached hydrogen (secondary N) is 1. The first-order valence-corrected chi connectivity index (χ1v) is 12.2. The maximum Gasteiger partial charge on any atom is 0.237 e. The molecule has 0 aromatic heterocycles. The van der Waals surface area contributed by atoms with Crippen molar-refractivity contribution in [3.05, 3.63) is 71.3 Å². The van der Waals surface area contributed by atoms with Crippen LogP contribution in [-0.4, -0.2) is 59.8 Å². The van der Waals surface area contributed by atoms with Crippen molar-refractivity contribution in [1.29, 1.82) is 0 Å². The number of amides is 1. The van der Waals surface area contributed by atoms with Crippen molar-refractivity contribution in [3.8, 4) is 0 Å². The molecule has 0 saturated carbocycles. The van der Waals surface area contributed by atoms with Crippen LogP contribution in [0.1, 0.15) is 48.5 Å². The summed E-state index contributed by atoms with van der Waals surface area (Å²) in [5, 5.41) is 3.21. The predicted octanol–water partition coefficient (Wildman–Crippen LogP) is 4.03. The van der Waals surface area contributed by atoms with Gasteiger partial charge in [-0.3, -0.25) is 19.4 Å². The van der Waals surface area contributed by atoms with Gasteiger partial charge in [0.15, 0.2) is 5.78 Å². The highest BCUT2D eigenvalue weighted by Crippen LogP contribution is 2.25. The van der Waals surface area contributed by atoms with Gasteiger partial charge >= 0.3 is 0 Å². The summed E-state index contributed by atoms with van der Waals surface area (Å²) in [5.74, 6) is -1.98. The smallest absolute Gasteiger partial charge is 0.237 e. The number of Topliss-reactive ketones (excluding diaryl/α,β-unsaturated/α-hetero) is 1. The molecule has 4 rings (SSSR count). The average molecular weight is 470 g/mol. The molecule has 1 atom stereocenters. The van der Waals surface area contributed by atoms with Crippen molar-refractivity contribution < 1.29 is 18.4 Å². The lowest BCUT2D eigenvalue weighted by atomic mass is 9.88. The molecule has 2 aliphatic rings. The van der Waals surface area contributed by atoms with Crippen LogP contribution in [0.5, 0.6) is 0 Å². The van der Waals surface area contributed by atoms with E-state index in [1.54, 1.807) is 0 Å². The molecule has 0 bridgehead atoms. The van der Waals surface area contributed by atoms with E-state index in [2.05, 4.69) is 39.4 Å². The minimum absolute atomic E-state index is 0.0162. The van der Waals surface area contributed by atoms with Crippen LogP contribution in [0.25, 0.3) is 0 Å². The predicted molar refractivity (Wildman–Crippen MR) is 127 cm³/mol. The maximum atomic E-state index is 14.0. The topological polar surface area (TPSA) is 52.7 Å². The van der Waals surface area contributed by atoms with E-state index < -0.39 is 11.6 Å². The molecule has 2 saturated heterocycles. The Morgan fingerprint density at radius 2 is 1.65 bits per heavy atom. The highest BCUT2D eigenvalue weighted by Gasteiger charge is 2.32. The van der Waals surface area contributed by atoms with Gasteiger partial charge in [-0.1, -0.05) is 30.3 Å². The first-order chi connectivity index (χ1) is 16.4. The van der Waals surface area contributed by atoms with Crippen LogP contribution >= 0.6 is 0 Å². The summed E-state index contributed by atoms with van der Waals surface area (Å²) in [6.45, 7) is 5.91. The zero-order chi connectivity index (χ0) is 24.1. The molecule has 0 radical (unpaired) electrons. The fraction of sp³-hybridized carbons (Fsp3) is 0.481. The molecule has 182 valence electrons. The third-order valence-corrected chi connectivity index (χ3v) is 7.20. The monoisotopic (exact) mass is 469 g/mol. The number of carbonyl (C=O) groups is 2. The minimum atomic E-state index is -0.684. The Hall–Kier alpha value is -2.64. The highest BCUT2D eigenvalue weighted by molar-refractivity contribution is 5.98. The molecule has 1 N–H and O–H groups in total. The van der Waals surface area contributed by atoms with E-state index in [0.29, 0.717) is 25.9 Å². The normalized spacial score (nSPS) is 19.6. The van der Waals surface area contributed by atoms with Crippen LogP contribution in [0, 0.1) is 17.6 Å². The summed E-state index contributed by atoms with van der Waals surface area (Å²) in [4.78, 5) is 30.1. The number of piperidine rings is 2. The van der Waals surface area contributed by atoms with Crippen molar-refractivity contribution in [2.75, 3.05) is 26.2 Å². The second kappa shape index (κ2) is 11.2. The van der Waals surface area contributed by atoms with E-state index in [0.717, 1.165) is 50.7 Å². The van der Waals surface area contributed by atoms with E-state index in [-0.39, 0.29) is 35.3 Å². The SMILES string of the molecule is CC(C(=O)NC1CCN(Cc2ccccc2)CC1)N1CCC(C(=O)c2cc(F)ccc2F)CC1. The number of hydrogen-bond acceptors (Lipinski definition) is 4. The van der Waals surface area contributed by atoms with Gasteiger partial charge < -0.3 is 5.32 Å². The van der Waals surface area contributed by atoms with Gasteiger partial charge in [0.1, 0.15) is 11.6 Å². The van der Waals surface area contributed by atoms with Crippen molar-refractivity contribution in [1.82, 2.24) is 15.1 Å². The number of hydrogen-bond donors (Lipinski definition) is 1. The molecule has 0 spiro atoms. The lowest BCUT2D eigenvalue weighted by molar-refractivity contribution is -0.127. The maximum absolute atomic E-state index is 14.0. The van der Waals surface area contributed by atoms with Gasteiger partial charge in [0.2, 0.25) is 5.91 Å². The Labute approximate surface area is 200 Å². The summed E-state index contributed by atoms with van der Waals surface area (Å²) in [7, 11) is 0. The number of nitrogens with zero attached hydrogens (tertiary/aromatic N) is 2. The first-order valence-electron chi connectivity index (χ1n) is 12.2. The number of ketones is 1. The van der Waals surface area contributed by atoms with Gasteiger partial charge in [0, 0.05) is 31.6 Å². The van der Waals surface area contributed by atoms with Crippen LogP contribution < -0.4 is 5.32 Å². The van der Waals surface area contributed by atoms with Gasteiger partial charge in [-0.25, -0.2) is 8.78 Å². The standard InChI is InChI=1S/C27H33F2N3O2/c1-19(27(34)30-23-11-13-31(14-12-23)18-20-5-3-2-4-6-20)32-15-9-21(10-16-32)26(33)24-17-22(28)7-8-25(24)29/h2-8,17,19,21,23H,9-16,18H2,1H3,(H,30,34). The highest BCUT2D eigenvalue weighted by atomic mass is 19.1. The molecule has 0 aliphatic carbocycles. The summed E-state index contributed by atoms with van der Waals surface area (Å²) in [6, 6.07) is 13.3. The summed E-state index contributed by atoms with van der Waals surface area (Å²) in [6.07, 6.45) is 2.93. The average Bonchev–Trinajstić information content (AvgIpc) is 2.86. The van der Waals surface area contributed by atoms with Crippen LogP contribution in [0.15, 0.2) is 48.5 Å². The van der Waals surface area contributed by atoms with E-state index in [4.69, 9.17) is 0 Å². The van der Waals surface area contributed by atoms with E-state index in [1.165, 1.54) is 5.56 Å². The Morgan fingerprint density at radius 3 is 2.32 bits per heavy atom. The zero-order valence-electron chi connectivity index (χ0n) is 19.7. The zero-order valence-corrected chi connectivity index (χ0v) is 19.7. The second-order valence-electron chi connectivity index (χ2n) is 9.52. The molecular formula is C27H33F2N3O2. The van der Waals surface area contributed by atoms with Gasteiger partial charge in [-0.15, -0.1) is 0 Å². The Morgan fingerprint density at radius 1 is 0.971 bits per heavy atom.